The predicted octanol–water partition coefficient (Wildman–Crippen LogP) is 3.15. The van der Waals surface area contributed by atoms with Crippen molar-refractivity contribution in [1.29, 1.82) is 0 Å². The number of ether oxygens (including phenoxy) is 2. The van der Waals surface area contributed by atoms with E-state index in [1.165, 1.54) is 11.8 Å². The number of carbonyl (C=O) groups excluding carboxylic acids is 1. The molecule has 0 saturated heterocycles. The normalized spacial score (nSPS) is 10.7. The molecule has 0 bridgehead atoms. The zero-order valence-electron chi connectivity index (χ0n) is 14.5. The quantitative estimate of drug-likeness (QED) is 0.539. The van der Waals surface area contributed by atoms with Crippen LogP contribution in [0.15, 0.2) is 23.4 Å². The van der Waals surface area contributed by atoms with Crippen LogP contribution in [0.1, 0.15) is 30.8 Å². The summed E-state index contributed by atoms with van der Waals surface area (Å²) >= 11 is 1.33. The number of aromatic nitrogens is 3. The number of carbonyl (C=O) groups is 1. The summed E-state index contributed by atoms with van der Waals surface area (Å²) in [6.45, 7) is 9.29. The molecule has 24 heavy (non-hydrogen) atoms. The lowest BCUT2D eigenvalue weighted by atomic mass is 10.1. The van der Waals surface area contributed by atoms with Gasteiger partial charge in [0.1, 0.15) is 12.4 Å². The number of nitrogens with zero attached hydrogens (tertiary/aromatic N) is 3. The summed E-state index contributed by atoms with van der Waals surface area (Å²) in [5.41, 5.74) is 2.23. The molecule has 0 atom stereocenters. The molecule has 0 aliphatic rings. The molecule has 1 heterocycles. The standard InChI is InChI=1S/C17H23N3O3S/c1-5-20-15(10-23-14-9-12(3)7-8-13(14)4)18-19-17(20)24-11-16(21)22-6-2/h7-9H,5-6,10-11H2,1-4H3. The Morgan fingerprint density at radius 3 is 2.75 bits per heavy atom. The van der Waals surface area contributed by atoms with Crippen molar-refractivity contribution in [2.24, 2.45) is 0 Å². The highest BCUT2D eigenvalue weighted by Crippen LogP contribution is 2.22. The van der Waals surface area contributed by atoms with Gasteiger partial charge < -0.3 is 14.0 Å². The van der Waals surface area contributed by atoms with E-state index in [0.29, 0.717) is 24.9 Å². The van der Waals surface area contributed by atoms with Crippen molar-refractivity contribution < 1.29 is 14.3 Å². The van der Waals surface area contributed by atoms with Gasteiger partial charge in [-0.1, -0.05) is 23.9 Å². The van der Waals surface area contributed by atoms with Crippen LogP contribution in [0.25, 0.3) is 0 Å². The van der Waals surface area contributed by atoms with E-state index in [0.717, 1.165) is 22.7 Å². The number of hydrogen-bond donors (Lipinski definition) is 0. The topological polar surface area (TPSA) is 66.2 Å². The SMILES string of the molecule is CCOC(=O)CSc1nnc(COc2cc(C)ccc2C)n1CC. The second-order valence-electron chi connectivity index (χ2n) is 5.29. The van der Waals surface area contributed by atoms with Gasteiger partial charge in [-0.25, -0.2) is 0 Å². The Kier molecular flexibility index (Phi) is 6.66. The first-order chi connectivity index (χ1) is 11.5. The molecule has 1 aromatic carbocycles. The molecule has 0 amide bonds. The molecule has 2 aromatic rings. The molecule has 0 fully saturated rings. The second kappa shape index (κ2) is 8.73. The van der Waals surface area contributed by atoms with Crippen LogP contribution in [-0.2, 0) is 22.7 Å². The van der Waals surface area contributed by atoms with Gasteiger partial charge in [-0.05, 0) is 44.9 Å². The van der Waals surface area contributed by atoms with E-state index in [-0.39, 0.29) is 11.7 Å². The summed E-state index contributed by atoms with van der Waals surface area (Å²) in [5, 5.41) is 9.05. The van der Waals surface area contributed by atoms with Crippen molar-refractivity contribution in [3.8, 4) is 5.75 Å². The van der Waals surface area contributed by atoms with Crippen molar-refractivity contribution in [2.45, 2.75) is 46.0 Å². The van der Waals surface area contributed by atoms with Crippen molar-refractivity contribution in [1.82, 2.24) is 14.8 Å². The van der Waals surface area contributed by atoms with E-state index in [1.54, 1.807) is 6.92 Å². The molecular weight excluding hydrogens is 326 g/mol. The minimum atomic E-state index is -0.249. The van der Waals surface area contributed by atoms with Gasteiger partial charge in [0, 0.05) is 6.54 Å². The Morgan fingerprint density at radius 1 is 1.25 bits per heavy atom. The highest BCUT2D eigenvalue weighted by atomic mass is 32.2. The van der Waals surface area contributed by atoms with Gasteiger partial charge in [-0.2, -0.15) is 0 Å². The van der Waals surface area contributed by atoms with Gasteiger partial charge in [0.2, 0.25) is 0 Å². The van der Waals surface area contributed by atoms with Crippen LogP contribution in [0.3, 0.4) is 0 Å². The Hall–Kier alpha value is -2.02. The summed E-state index contributed by atoms with van der Waals surface area (Å²) in [6, 6.07) is 6.11. The summed E-state index contributed by atoms with van der Waals surface area (Å²) in [6.07, 6.45) is 0. The second-order valence-corrected chi connectivity index (χ2v) is 6.24. The van der Waals surface area contributed by atoms with Crippen LogP contribution in [-0.4, -0.2) is 33.1 Å². The molecule has 0 aliphatic carbocycles. The first kappa shape index (κ1) is 18.3. The van der Waals surface area contributed by atoms with Gasteiger partial charge in [-0.15, -0.1) is 10.2 Å². The molecule has 1 aromatic heterocycles. The summed E-state index contributed by atoms with van der Waals surface area (Å²) in [7, 11) is 0. The van der Waals surface area contributed by atoms with Crippen molar-refractivity contribution >= 4 is 17.7 Å². The van der Waals surface area contributed by atoms with Crippen LogP contribution < -0.4 is 4.74 Å². The Bertz CT molecular complexity index is 700. The smallest absolute Gasteiger partial charge is 0.316 e. The lowest BCUT2D eigenvalue weighted by Gasteiger charge is -2.11. The number of benzene rings is 1. The third-order valence-electron chi connectivity index (χ3n) is 3.43. The molecule has 0 unspecified atom stereocenters. The molecule has 0 saturated carbocycles. The fourth-order valence-corrected chi connectivity index (χ4v) is 3.00. The fourth-order valence-electron chi connectivity index (χ4n) is 2.18. The average molecular weight is 349 g/mol. The highest BCUT2D eigenvalue weighted by Gasteiger charge is 2.14. The maximum absolute atomic E-state index is 11.5. The van der Waals surface area contributed by atoms with Crippen molar-refractivity contribution in [3.05, 3.63) is 35.2 Å². The molecule has 6 nitrogen and oxygen atoms in total. The van der Waals surface area contributed by atoms with Gasteiger partial charge >= 0.3 is 5.97 Å². The minimum Gasteiger partial charge on any atom is -0.485 e. The van der Waals surface area contributed by atoms with Crippen LogP contribution in [0.2, 0.25) is 0 Å². The van der Waals surface area contributed by atoms with E-state index in [2.05, 4.69) is 16.3 Å². The number of hydrogen-bond acceptors (Lipinski definition) is 6. The van der Waals surface area contributed by atoms with Crippen LogP contribution in [0, 0.1) is 13.8 Å². The monoisotopic (exact) mass is 349 g/mol. The lowest BCUT2D eigenvalue weighted by molar-refractivity contribution is -0.139. The molecule has 0 aliphatic heterocycles. The molecule has 2 rings (SSSR count). The maximum Gasteiger partial charge on any atom is 0.316 e. The van der Waals surface area contributed by atoms with Gasteiger partial charge in [-0.3, -0.25) is 4.79 Å². The summed E-state index contributed by atoms with van der Waals surface area (Å²) in [5.74, 6) is 1.57. The highest BCUT2D eigenvalue weighted by molar-refractivity contribution is 7.99. The average Bonchev–Trinajstić information content (AvgIpc) is 2.96. The largest absolute Gasteiger partial charge is 0.485 e. The van der Waals surface area contributed by atoms with E-state index in [1.807, 2.05) is 37.5 Å². The molecule has 0 spiro atoms. The molecule has 0 radical (unpaired) electrons. The van der Waals surface area contributed by atoms with Crippen LogP contribution in [0.4, 0.5) is 0 Å². The first-order valence-electron chi connectivity index (χ1n) is 7.95. The summed E-state index contributed by atoms with van der Waals surface area (Å²) in [4.78, 5) is 11.5. The predicted molar refractivity (Wildman–Crippen MR) is 93.3 cm³/mol. The third kappa shape index (κ3) is 4.74. The van der Waals surface area contributed by atoms with E-state index < -0.39 is 0 Å². The molecule has 7 heteroatoms. The van der Waals surface area contributed by atoms with Gasteiger partial charge in [0.05, 0.1) is 12.4 Å². The van der Waals surface area contributed by atoms with E-state index >= 15 is 0 Å². The van der Waals surface area contributed by atoms with Crippen LogP contribution in [0.5, 0.6) is 5.75 Å². The number of aryl methyl sites for hydroxylation is 2. The zero-order chi connectivity index (χ0) is 17.5. The van der Waals surface area contributed by atoms with Crippen LogP contribution >= 0.6 is 11.8 Å². The number of thioether (sulfide) groups is 1. The lowest BCUT2D eigenvalue weighted by Crippen LogP contribution is -2.10. The maximum atomic E-state index is 11.5. The molecule has 0 N–H and O–H groups in total. The molecular formula is C17H23N3O3S. The zero-order valence-corrected chi connectivity index (χ0v) is 15.4. The fraction of sp³-hybridized carbons (Fsp3) is 0.471. The third-order valence-corrected chi connectivity index (χ3v) is 4.37. The first-order valence-corrected chi connectivity index (χ1v) is 8.94. The summed E-state index contributed by atoms with van der Waals surface area (Å²) < 4.78 is 12.8. The van der Waals surface area contributed by atoms with E-state index in [9.17, 15) is 4.79 Å². The Morgan fingerprint density at radius 2 is 2.04 bits per heavy atom. The van der Waals surface area contributed by atoms with E-state index in [4.69, 9.17) is 9.47 Å². The van der Waals surface area contributed by atoms with Crippen molar-refractivity contribution in [2.75, 3.05) is 12.4 Å². The van der Waals surface area contributed by atoms with Gasteiger partial charge in [0.25, 0.3) is 0 Å². The Balaban J connectivity index is 2.03. The molecule has 130 valence electrons. The minimum absolute atomic E-state index is 0.226. The van der Waals surface area contributed by atoms with Gasteiger partial charge in [0.15, 0.2) is 11.0 Å². The number of esters is 1. The van der Waals surface area contributed by atoms with Crippen molar-refractivity contribution in [3.63, 3.8) is 0 Å². The number of rotatable bonds is 8. The Labute approximate surface area is 146 Å².